The fourth-order valence-corrected chi connectivity index (χ4v) is 2.61. The summed E-state index contributed by atoms with van der Waals surface area (Å²) in [7, 11) is 0. The number of rotatable bonds is 1. The Labute approximate surface area is 111 Å². The minimum absolute atomic E-state index is 1.06. The number of hydrogen-bond acceptors (Lipinski definition) is 1. The third kappa shape index (κ3) is 2.02. The van der Waals surface area contributed by atoms with Gasteiger partial charge in [-0.3, -0.25) is 0 Å². The number of hydrogen-bond donors (Lipinski definition) is 0. The van der Waals surface area contributed by atoms with Gasteiger partial charge in [0.05, 0.1) is 0 Å². The van der Waals surface area contributed by atoms with Gasteiger partial charge in [0.1, 0.15) is 0 Å². The monoisotopic (exact) mass is 397 g/mol. The summed E-state index contributed by atoms with van der Waals surface area (Å²) in [4.78, 5) is 4.67. The topological polar surface area (TPSA) is 12.9 Å². The number of benzene rings is 2. The molecule has 3 aromatic rings. The molecule has 0 radical (unpaired) electrons. The first kappa shape index (κ1) is 10.6. The van der Waals surface area contributed by atoms with E-state index in [2.05, 4.69) is 47.4 Å². The van der Waals surface area contributed by atoms with Gasteiger partial charge in [0.15, 0.2) is 0 Å². The van der Waals surface area contributed by atoms with Gasteiger partial charge in [-0.1, -0.05) is 0 Å². The molecule has 0 atom stereocenters. The number of pyridine rings is 1. The van der Waals surface area contributed by atoms with E-state index < -0.39 is 0 Å². The molecule has 2 aromatic carbocycles. The van der Waals surface area contributed by atoms with Crippen molar-refractivity contribution in [3.63, 3.8) is 0 Å². The molecule has 84 valence electrons. The number of aromatic nitrogens is 1. The van der Waals surface area contributed by atoms with Crippen molar-refractivity contribution < 1.29 is 18.9 Å². The van der Waals surface area contributed by atoms with Crippen LogP contribution in [0.5, 0.6) is 0 Å². The first-order valence-electron chi connectivity index (χ1n) is 5.43. The predicted molar refractivity (Wildman–Crippen MR) is 66.8 cm³/mol. The van der Waals surface area contributed by atoms with E-state index in [1.54, 1.807) is 0 Å². The third-order valence-corrected chi connectivity index (χ3v) is 3.36. The van der Waals surface area contributed by atoms with Crippen LogP contribution in [0.2, 0.25) is 0 Å². The molecule has 0 aliphatic carbocycles. The maximum atomic E-state index is 4.67. The van der Waals surface area contributed by atoms with Crippen LogP contribution in [-0.4, -0.2) is 4.98 Å². The molecule has 17 heavy (non-hydrogen) atoms. The average molecular weight is 396 g/mol. The van der Waals surface area contributed by atoms with E-state index in [4.69, 9.17) is 0 Å². The van der Waals surface area contributed by atoms with E-state index in [9.17, 15) is 0 Å². The summed E-state index contributed by atoms with van der Waals surface area (Å²) in [6.07, 6.45) is 0. The van der Waals surface area contributed by atoms with Crippen LogP contribution in [0.25, 0.3) is 22.0 Å². The molecule has 0 unspecified atom stereocenters. The van der Waals surface area contributed by atoms with Crippen molar-refractivity contribution in [1.29, 1.82) is 0 Å². The van der Waals surface area contributed by atoms with Gasteiger partial charge in [-0.25, -0.2) is 0 Å². The Kier molecular flexibility index (Phi) is 2.76. The van der Waals surface area contributed by atoms with Crippen molar-refractivity contribution in [2.45, 2.75) is 0 Å². The first-order valence-corrected chi connectivity index (χ1v) is 6.63. The summed E-state index contributed by atoms with van der Waals surface area (Å²) in [5.74, 6) is 0. The second kappa shape index (κ2) is 4.40. The molecule has 1 heterocycles. The summed E-state index contributed by atoms with van der Waals surface area (Å²) in [6, 6.07) is 20.9. The van der Waals surface area contributed by atoms with E-state index in [1.807, 2.05) is 37.1 Å². The normalized spacial score (nSPS) is 10.7. The Bertz CT molecular complexity index is 662. The van der Waals surface area contributed by atoms with Crippen molar-refractivity contribution in [3.05, 3.63) is 60.7 Å². The Morgan fingerprint density at radius 1 is 0.824 bits per heavy atom. The molecular weight excluding hydrogens is 386 g/mol. The molecule has 0 spiro atoms. The van der Waals surface area contributed by atoms with Crippen LogP contribution in [-0.2, 0) is 18.9 Å². The molecule has 0 saturated carbocycles. The van der Waals surface area contributed by atoms with Gasteiger partial charge in [-0.15, -0.1) is 0 Å². The van der Waals surface area contributed by atoms with Crippen LogP contribution < -0.4 is 4.21 Å². The molecule has 0 amide bonds. The zero-order chi connectivity index (χ0) is 11.7. The summed E-state index contributed by atoms with van der Waals surface area (Å²) in [6.45, 7) is 0. The quantitative estimate of drug-likeness (QED) is 0.616. The molecule has 3 rings (SSSR count). The molecule has 0 aliphatic heterocycles. The van der Waals surface area contributed by atoms with Crippen molar-refractivity contribution >= 4 is 15.0 Å². The standard InChI is InChI=1S/C15H10N.Ir/c1-2-7-13(8-3-1)15-14-9-5-4-6-12(14)10-11-16-15;/h1-10H;. The van der Waals surface area contributed by atoms with Crippen LogP contribution in [0.3, 0.4) is 0 Å². The van der Waals surface area contributed by atoms with E-state index in [0.29, 0.717) is 0 Å². The van der Waals surface area contributed by atoms with Crippen LogP contribution in [0.15, 0.2) is 60.7 Å². The van der Waals surface area contributed by atoms with Crippen molar-refractivity contribution in [2.75, 3.05) is 0 Å². The molecular formula is C15H10IrN. The number of fused-ring (bicyclic) bond motifs is 1. The van der Waals surface area contributed by atoms with Crippen molar-refractivity contribution in [1.82, 2.24) is 4.98 Å². The molecule has 2 heteroatoms. The third-order valence-electron chi connectivity index (χ3n) is 2.74. The van der Waals surface area contributed by atoms with Gasteiger partial charge >= 0.3 is 111 Å². The summed E-state index contributed by atoms with van der Waals surface area (Å²) >= 11 is 2.04. The Morgan fingerprint density at radius 2 is 1.53 bits per heavy atom. The van der Waals surface area contributed by atoms with Crippen LogP contribution in [0.4, 0.5) is 0 Å². The second-order valence-corrected chi connectivity index (χ2v) is 5.08. The van der Waals surface area contributed by atoms with Gasteiger partial charge in [-0.05, 0) is 0 Å². The van der Waals surface area contributed by atoms with E-state index in [-0.39, 0.29) is 0 Å². The first-order chi connectivity index (χ1) is 8.34. The fourth-order valence-electron chi connectivity index (χ4n) is 1.97. The van der Waals surface area contributed by atoms with Gasteiger partial charge in [0.2, 0.25) is 0 Å². The van der Waals surface area contributed by atoms with E-state index in [1.165, 1.54) is 16.3 Å². The van der Waals surface area contributed by atoms with Crippen molar-refractivity contribution in [3.8, 4) is 11.3 Å². The van der Waals surface area contributed by atoms with E-state index >= 15 is 0 Å². The van der Waals surface area contributed by atoms with Gasteiger partial charge in [-0.2, -0.15) is 0 Å². The SMILES string of the molecule is [Ir][c]1cc2ccccc2c(-c2ccccc2)n1. The van der Waals surface area contributed by atoms with Crippen LogP contribution in [0.1, 0.15) is 0 Å². The Hall–Kier alpha value is -1.50. The zero-order valence-electron chi connectivity index (χ0n) is 9.05. The minimum atomic E-state index is 1.06. The van der Waals surface area contributed by atoms with Gasteiger partial charge in [0, 0.05) is 0 Å². The Balaban J connectivity index is 2.36. The molecule has 0 aliphatic rings. The van der Waals surface area contributed by atoms with Gasteiger partial charge < -0.3 is 0 Å². The van der Waals surface area contributed by atoms with E-state index in [0.717, 1.165) is 9.90 Å². The molecule has 0 fully saturated rings. The van der Waals surface area contributed by atoms with Crippen LogP contribution >= 0.6 is 0 Å². The van der Waals surface area contributed by atoms with Crippen LogP contribution in [0, 0.1) is 0 Å². The molecule has 0 N–H and O–H groups in total. The second-order valence-electron chi connectivity index (χ2n) is 3.86. The van der Waals surface area contributed by atoms with Gasteiger partial charge in [0.25, 0.3) is 0 Å². The zero-order valence-corrected chi connectivity index (χ0v) is 11.4. The average Bonchev–Trinajstić information content (AvgIpc) is 2.39. The maximum absolute atomic E-state index is 4.67. The summed E-state index contributed by atoms with van der Waals surface area (Å²) in [5, 5.41) is 2.46. The fraction of sp³-hybridized carbons (Fsp3) is 0. The predicted octanol–water partition coefficient (Wildman–Crippen LogP) is 3.07. The number of nitrogens with zero attached hydrogens (tertiary/aromatic N) is 1. The summed E-state index contributed by atoms with van der Waals surface area (Å²) in [5.41, 5.74) is 2.24. The Morgan fingerprint density at radius 3 is 2.35 bits per heavy atom. The summed E-state index contributed by atoms with van der Waals surface area (Å²) < 4.78 is 1.06. The molecule has 1 nitrogen and oxygen atoms in total. The molecule has 0 bridgehead atoms. The van der Waals surface area contributed by atoms with Crippen molar-refractivity contribution in [2.24, 2.45) is 0 Å². The molecule has 0 saturated heterocycles. The molecule has 1 aromatic heterocycles.